The summed E-state index contributed by atoms with van der Waals surface area (Å²) in [6.07, 6.45) is 3.99. The van der Waals surface area contributed by atoms with Crippen LogP contribution in [0.25, 0.3) is 10.2 Å². The normalized spacial score (nSPS) is 14.0. The van der Waals surface area contributed by atoms with Crippen molar-refractivity contribution in [2.75, 3.05) is 7.05 Å². The molecule has 3 aromatic rings. The minimum absolute atomic E-state index is 0.00458. The highest BCUT2D eigenvalue weighted by Gasteiger charge is 2.24. The average Bonchev–Trinajstić information content (AvgIpc) is 2.85. The molecule has 0 atom stereocenters. The van der Waals surface area contributed by atoms with E-state index >= 15 is 0 Å². The number of fused-ring (bicyclic) bond motifs is 2. The van der Waals surface area contributed by atoms with Gasteiger partial charge in [0.1, 0.15) is 10.7 Å². The van der Waals surface area contributed by atoms with Crippen LogP contribution in [0.4, 0.5) is 0 Å². The zero-order valence-electron chi connectivity index (χ0n) is 16.0. The highest BCUT2D eigenvalue weighted by molar-refractivity contribution is 7.20. The highest BCUT2D eigenvalue weighted by atomic mass is 35.5. The monoisotopic (exact) mass is 415 g/mol. The molecule has 5 nitrogen and oxygen atoms in total. The topological polar surface area (TPSA) is 55.2 Å². The summed E-state index contributed by atoms with van der Waals surface area (Å²) in [4.78, 5) is 33.8. The number of amides is 1. The summed E-state index contributed by atoms with van der Waals surface area (Å²) >= 11 is 7.26. The van der Waals surface area contributed by atoms with Gasteiger partial charge in [-0.25, -0.2) is 4.98 Å². The third-order valence-corrected chi connectivity index (χ3v) is 6.71. The summed E-state index contributed by atoms with van der Waals surface area (Å²) < 4.78 is 1.81. The number of hydrogen-bond acceptors (Lipinski definition) is 4. The molecule has 28 heavy (non-hydrogen) atoms. The first-order chi connectivity index (χ1) is 13.5. The van der Waals surface area contributed by atoms with Crippen molar-refractivity contribution in [3.63, 3.8) is 0 Å². The van der Waals surface area contributed by atoms with Gasteiger partial charge in [-0.1, -0.05) is 30.2 Å². The Morgan fingerprint density at radius 3 is 2.75 bits per heavy atom. The molecule has 0 bridgehead atoms. The van der Waals surface area contributed by atoms with Gasteiger partial charge in [0.15, 0.2) is 0 Å². The Kier molecular flexibility index (Phi) is 5.25. The van der Waals surface area contributed by atoms with Crippen LogP contribution in [0.3, 0.4) is 0 Å². The lowest BCUT2D eigenvalue weighted by atomic mass is 10.1. The van der Waals surface area contributed by atoms with Crippen LogP contribution in [0.5, 0.6) is 0 Å². The number of aromatic nitrogens is 2. The number of benzene rings is 1. The van der Waals surface area contributed by atoms with Gasteiger partial charge < -0.3 is 4.90 Å². The summed E-state index contributed by atoms with van der Waals surface area (Å²) in [7, 11) is 1.77. The Bertz CT molecular complexity index is 1100. The molecule has 0 saturated carbocycles. The molecule has 1 aliphatic rings. The Morgan fingerprint density at radius 2 is 2.00 bits per heavy atom. The standard InChI is InChI=1S/C21H22ClN3O2S/c1-13-17-19(23-16-6-4-3-5-11-25(16)20(17)26)28-18(13)21(27)24(2)12-14-7-9-15(22)10-8-14/h7-10H,3-6,11-12H2,1-2H3. The molecule has 0 N–H and O–H groups in total. The van der Waals surface area contributed by atoms with Crippen LogP contribution >= 0.6 is 22.9 Å². The van der Waals surface area contributed by atoms with Crippen molar-refractivity contribution in [2.45, 2.75) is 45.7 Å². The van der Waals surface area contributed by atoms with Crippen molar-refractivity contribution in [1.29, 1.82) is 0 Å². The van der Waals surface area contributed by atoms with Crippen LogP contribution in [-0.4, -0.2) is 27.4 Å². The maximum Gasteiger partial charge on any atom is 0.264 e. The van der Waals surface area contributed by atoms with Crippen LogP contribution in [-0.2, 0) is 19.5 Å². The Morgan fingerprint density at radius 1 is 1.25 bits per heavy atom. The maximum atomic E-state index is 13.1. The molecule has 4 rings (SSSR count). The lowest BCUT2D eigenvalue weighted by Crippen LogP contribution is -2.26. The van der Waals surface area contributed by atoms with Crippen molar-refractivity contribution in [1.82, 2.24) is 14.5 Å². The summed E-state index contributed by atoms with van der Waals surface area (Å²) in [5.41, 5.74) is 1.74. The van der Waals surface area contributed by atoms with Crippen molar-refractivity contribution in [3.05, 3.63) is 61.5 Å². The van der Waals surface area contributed by atoms with Gasteiger partial charge in [0, 0.05) is 31.6 Å². The number of hydrogen-bond donors (Lipinski definition) is 0. The summed E-state index contributed by atoms with van der Waals surface area (Å²) in [5.74, 6) is 0.764. The van der Waals surface area contributed by atoms with E-state index in [0.717, 1.165) is 42.6 Å². The molecule has 146 valence electrons. The molecule has 0 saturated heterocycles. The minimum Gasteiger partial charge on any atom is -0.337 e. The molecule has 0 aliphatic carbocycles. The van der Waals surface area contributed by atoms with E-state index in [1.54, 1.807) is 16.5 Å². The van der Waals surface area contributed by atoms with Crippen molar-refractivity contribution in [3.8, 4) is 0 Å². The van der Waals surface area contributed by atoms with Gasteiger partial charge in [0.2, 0.25) is 0 Å². The summed E-state index contributed by atoms with van der Waals surface area (Å²) in [6.45, 7) is 3.05. The van der Waals surface area contributed by atoms with Gasteiger partial charge in [-0.2, -0.15) is 0 Å². The fraction of sp³-hybridized carbons (Fsp3) is 0.381. The van der Waals surface area contributed by atoms with Gasteiger partial charge in [-0.15, -0.1) is 11.3 Å². The zero-order valence-corrected chi connectivity index (χ0v) is 17.6. The van der Waals surface area contributed by atoms with Crippen LogP contribution in [0, 0.1) is 6.92 Å². The fourth-order valence-corrected chi connectivity index (χ4v) is 5.03. The van der Waals surface area contributed by atoms with E-state index in [0.29, 0.717) is 33.2 Å². The molecule has 3 heterocycles. The summed E-state index contributed by atoms with van der Waals surface area (Å²) in [5, 5.41) is 1.27. The second-order valence-electron chi connectivity index (χ2n) is 7.32. The first-order valence-corrected chi connectivity index (χ1v) is 10.7. The average molecular weight is 416 g/mol. The lowest BCUT2D eigenvalue weighted by Gasteiger charge is -2.17. The minimum atomic E-state index is -0.0879. The van der Waals surface area contributed by atoms with E-state index in [4.69, 9.17) is 16.6 Å². The number of carbonyl (C=O) groups excluding carboxylic acids is 1. The van der Waals surface area contributed by atoms with E-state index in [9.17, 15) is 9.59 Å². The predicted octanol–water partition coefficient (Wildman–Crippen LogP) is 4.42. The molecule has 1 amide bonds. The zero-order chi connectivity index (χ0) is 19.8. The van der Waals surface area contributed by atoms with Crippen LogP contribution in [0.15, 0.2) is 29.1 Å². The molecule has 0 radical (unpaired) electrons. The van der Waals surface area contributed by atoms with Crippen molar-refractivity contribution < 1.29 is 4.79 Å². The van der Waals surface area contributed by atoms with Gasteiger partial charge >= 0.3 is 0 Å². The van der Waals surface area contributed by atoms with Gasteiger partial charge in [0.25, 0.3) is 11.5 Å². The van der Waals surface area contributed by atoms with E-state index < -0.39 is 0 Å². The third kappa shape index (κ3) is 3.47. The first-order valence-electron chi connectivity index (χ1n) is 9.48. The number of aryl methyl sites for hydroxylation is 2. The van der Waals surface area contributed by atoms with E-state index in [2.05, 4.69) is 0 Å². The summed E-state index contributed by atoms with van der Waals surface area (Å²) in [6, 6.07) is 7.46. The van der Waals surface area contributed by atoms with Crippen LogP contribution < -0.4 is 5.56 Å². The molecule has 0 unspecified atom stereocenters. The second kappa shape index (κ2) is 7.68. The molecule has 1 aliphatic heterocycles. The molecule has 0 spiro atoms. The van der Waals surface area contributed by atoms with Gasteiger partial charge in [-0.05, 0) is 43.0 Å². The lowest BCUT2D eigenvalue weighted by molar-refractivity contribution is 0.0789. The fourth-order valence-electron chi connectivity index (χ4n) is 3.72. The van der Waals surface area contributed by atoms with E-state index in [-0.39, 0.29) is 11.5 Å². The quantitative estimate of drug-likeness (QED) is 0.636. The molecule has 2 aromatic heterocycles. The van der Waals surface area contributed by atoms with Gasteiger partial charge in [0.05, 0.1) is 10.3 Å². The smallest absolute Gasteiger partial charge is 0.264 e. The number of nitrogens with zero attached hydrogens (tertiary/aromatic N) is 3. The van der Waals surface area contributed by atoms with Crippen molar-refractivity contribution >= 4 is 39.1 Å². The number of carbonyl (C=O) groups is 1. The first kappa shape index (κ1) is 19.2. The van der Waals surface area contributed by atoms with E-state index in [1.165, 1.54) is 11.3 Å². The Labute approximate surface area is 172 Å². The Hall–Kier alpha value is -2.18. The SMILES string of the molecule is Cc1c(C(=O)N(C)Cc2ccc(Cl)cc2)sc2nc3n(c(=O)c12)CCCCC3. The van der Waals surface area contributed by atoms with Crippen LogP contribution in [0.1, 0.15) is 45.9 Å². The second-order valence-corrected chi connectivity index (χ2v) is 8.76. The van der Waals surface area contributed by atoms with E-state index in [1.807, 2.05) is 31.2 Å². The highest BCUT2D eigenvalue weighted by Crippen LogP contribution is 2.29. The Balaban J connectivity index is 1.69. The molecule has 7 heteroatoms. The maximum absolute atomic E-state index is 13.1. The van der Waals surface area contributed by atoms with Gasteiger partial charge in [-0.3, -0.25) is 14.2 Å². The molecule has 1 aromatic carbocycles. The molecular weight excluding hydrogens is 394 g/mol. The number of thiophene rings is 1. The largest absolute Gasteiger partial charge is 0.337 e. The third-order valence-electron chi connectivity index (χ3n) is 5.29. The van der Waals surface area contributed by atoms with Crippen molar-refractivity contribution in [2.24, 2.45) is 0 Å². The molecular formula is C21H22ClN3O2S. The predicted molar refractivity (Wildman–Crippen MR) is 113 cm³/mol. The number of halogens is 1. The number of rotatable bonds is 3. The molecule has 0 fully saturated rings. The van der Waals surface area contributed by atoms with Crippen LogP contribution in [0.2, 0.25) is 5.02 Å².